The van der Waals surface area contributed by atoms with Crippen LogP contribution in [-0.4, -0.2) is 14.1 Å². The predicted molar refractivity (Wildman–Crippen MR) is 547 cm³/mol. The third kappa shape index (κ3) is 15.3. The summed E-state index contributed by atoms with van der Waals surface area (Å²) in [5.41, 5.74) is 18.2. The fraction of sp³-hybridized carbons (Fsp3) is 0.365. The minimum absolute atomic E-state index is 0.0127. The molecule has 23 rings (SSSR count). The van der Waals surface area contributed by atoms with Crippen LogP contribution in [0, 0.1) is 117 Å². The van der Waals surface area contributed by atoms with Crippen molar-refractivity contribution >= 4 is 30.2 Å². The first-order valence-corrected chi connectivity index (χ1v) is 53.3. The topological polar surface area (TPSA) is 6.48 Å². The summed E-state index contributed by atoms with van der Waals surface area (Å²) in [6.07, 6.45) is 134. The monoisotopic (exact) mass is 1770 g/mol. The molecule has 2 nitrogen and oxygen atoms in total. The van der Waals surface area contributed by atoms with Crippen molar-refractivity contribution in [3.05, 3.63) is 456 Å². The Bertz CT molecular complexity index is 6140. The van der Waals surface area contributed by atoms with Gasteiger partial charge in [-0.05, 0) is 394 Å². The molecule has 674 valence electrons. The van der Waals surface area contributed by atoms with Crippen LogP contribution in [0.15, 0.2) is 433 Å². The summed E-state index contributed by atoms with van der Waals surface area (Å²) in [5, 5.41) is 3.12. The van der Waals surface area contributed by atoms with Crippen LogP contribution in [0.3, 0.4) is 0 Å². The van der Waals surface area contributed by atoms with Crippen molar-refractivity contribution in [2.24, 2.45) is 111 Å². The van der Waals surface area contributed by atoms with E-state index in [9.17, 15) is 8.78 Å². The molecular weight excluding hydrogens is 1650 g/mol. The summed E-state index contributed by atoms with van der Waals surface area (Å²) in [4.78, 5) is 5.51. The van der Waals surface area contributed by atoms with Gasteiger partial charge in [-0.25, -0.2) is 17.6 Å². The van der Waals surface area contributed by atoms with E-state index in [1.807, 2.05) is 42.5 Å². The lowest BCUT2D eigenvalue weighted by atomic mass is 9.51. The Hall–Kier alpha value is -10.9. The van der Waals surface area contributed by atoms with E-state index in [2.05, 4.69) is 308 Å². The summed E-state index contributed by atoms with van der Waals surface area (Å²) in [6, 6.07) is 24.9. The highest BCUT2D eigenvalue weighted by molar-refractivity contribution is 7.02. The first-order valence-electron chi connectivity index (χ1n) is 51.2. The molecule has 1 aliphatic heterocycles. The molecule has 3 aromatic carbocycles. The number of allylic oxidation sites excluding steroid dienone is 56. The van der Waals surface area contributed by atoms with Gasteiger partial charge in [0.15, 0.2) is 0 Å². The van der Waals surface area contributed by atoms with Crippen LogP contribution in [0.2, 0.25) is 11.1 Å². The lowest BCUT2D eigenvalue weighted by Gasteiger charge is -2.54. The van der Waals surface area contributed by atoms with Crippen LogP contribution < -0.4 is 15.0 Å². The number of anilines is 2. The SMILES string of the molecule is C=CC1=CCC(C2CC=C(C3(C4C=CC(F)=CC4)C4C=C(N(C5=CCC(C6=CC=CC(C7C=CC(F)=CC7)C6)C=C5)c5ccc6c(c5)C5C=C(N(c7ccc(C8CCC=C(c9ccc(F)cc9)C8)cc7)C7C=CC8C9C=CCCC9C(C9C=CC(F)=CC9)(C9C=CC(C%10=CCC(C=C)C=C%10)=CC9)C8C7)C=CC5[Si]6(C5=CCCC=C5)C5C=CC=CC5)C=CC4C4C=CCCC43)CC2)C=C1. The van der Waals surface area contributed by atoms with Gasteiger partial charge in [0.05, 0.1) is 6.04 Å². The van der Waals surface area contributed by atoms with E-state index < -0.39 is 8.07 Å². The van der Waals surface area contributed by atoms with Gasteiger partial charge >= 0.3 is 0 Å². The first-order chi connectivity index (χ1) is 65.4. The Morgan fingerprint density at radius 3 is 1.89 bits per heavy atom. The molecule has 133 heavy (non-hydrogen) atoms. The Morgan fingerprint density at radius 1 is 0.459 bits per heavy atom. The van der Waals surface area contributed by atoms with Gasteiger partial charge < -0.3 is 9.80 Å². The number of rotatable bonds is 20. The Balaban J connectivity index is 0.678. The average molecular weight is 1770 g/mol. The van der Waals surface area contributed by atoms with E-state index in [0.29, 0.717) is 84.0 Å². The molecule has 2 fully saturated rings. The largest absolute Gasteiger partial charge is 0.335 e. The Labute approximate surface area is 789 Å². The van der Waals surface area contributed by atoms with E-state index >= 15 is 8.78 Å². The maximum absolute atomic E-state index is 15.9. The van der Waals surface area contributed by atoms with Crippen LogP contribution in [0.25, 0.3) is 5.57 Å². The molecule has 0 saturated heterocycles. The number of fused-ring (bicyclic) bond motifs is 9. The van der Waals surface area contributed by atoms with E-state index in [1.165, 1.54) is 67.5 Å². The van der Waals surface area contributed by atoms with Crippen LogP contribution in [0.4, 0.5) is 28.9 Å². The van der Waals surface area contributed by atoms with Gasteiger partial charge in [-0.15, -0.1) is 6.58 Å². The van der Waals surface area contributed by atoms with Gasteiger partial charge in [0, 0.05) is 45.7 Å². The van der Waals surface area contributed by atoms with E-state index in [0.717, 1.165) is 128 Å². The number of halogens is 4. The second kappa shape index (κ2) is 36.4. The van der Waals surface area contributed by atoms with Crippen LogP contribution in [0.5, 0.6) is 0 Å². The first kappa shape index (κ1) is 86.3. The van der Waals surface area contributed by atoms with Crippen molar-refractivity contribution in [3.63, 3.8) is 0 Å². The number of nitrogens with zero attached hydrogens (tertiary/aromatic N) is 2. The summed E-state index contributed by atoms with van der Waals surface area (Å²) >= 11 is 0. The summed E-state index contributed by atoms with van der Waals surface area (Å²) in [6.45, 7) is 8.28. The quantitative estimate of drug-likeness (QED) is 0.0632. The van der Waals surface area contributed by atoms with Crippen molar-refractivity contribution in [3.8, 4) is 0 Å². The van der Waals surface area contributed by atoms with E-state index in [4.69, 9.17) is 0 Å². The fourth-order valence-electron chi connectivity index (χ4n) is 30.5. The summed E-state index contributed by atoms with van der Waals surface area (Å²) in [7, 11) is -2.87. The minimum atomic E-state index is -2.87. The number of hydrogen-bond acceptors (Lipinski definition) is 2. The Kier molecular flexibility index (Phi) is 23.6. The molecule has 3 aromatic rings. The van der Waals surface area contributed by atoms with E-state index in [1.54, 1.807) is 40.2 Å². The molecule has 7 heteroatoms. The number of hydrogen-bond donors (Lipinski definition) is 0. The lowest BCUT2D eigenvalue weighted by molar-refractivity contribution is 0.000861. The van der Waals surface area contributed by atoms with Crippen LogP contribution >= 0.6 is 0 Å². The third-order valence-corrected chi connectivity index (χ3v) is 42.4. The average Bonchev–Trinajstić information content (AvgIpc) is 1.58. The zero-order chi connectivity index (χ0) is 89.5. The molecule has 19 aliphatic carbocycles. The van der Waals surface area contributed by atoms with Gasteiger partial charge in [-0.2, -0.15) is 0 Å². The van der Waals surface area contributed by atoms with E-state index in [-0.39, 0.29) is 99.0 Å². The molecule has 20 aliphatic rings. The van der Waals surface area contributed by atoms with Gasteiger partial charge in [0.25, 0.3) is 0 Å². The fourth-order valence-corrected chi connectivity index (χ4v) is 37.0. The Morgan fingerprint density at radius 2 is 1.20 bits per heavy atom. The number of benzene rings is 3. The summed E-state index contributed by atoms with van der Waals surface area (Å²) < 4.78 is 61.0. The molecule has 0 N–H and O–H groups in total. The van der Waals surface area contributed by atoms with Gasteiger partial charge in [0.1, 0.15) is 31.4 Å². The standard InChI is InChI=1S/C126H128F4N2Si/c1-3-83-29-33-85(34-30-83)87-37-49-97(50-38-87)125(99-53-61-103(129)62-54-99)119-27-13-11-25-113(119)115-73-69-109(81-121(115)125)131(105-65-45-91(46-66-105)95-19-15-17-93(77-95)89-41-57-101(127)58-42-89)107-71-75-123-117(79-107)118-80-108(72-76-124(118)133(123,111-21-7-5-8-22-111)112-23-9-6-10-24-112)132(106-67-47-92(48-68-106)96-20-16-18-94(78-96)90-43-59-102(128)60-44-90)110-70-74-116-114-26-12-14-28-120(114)126(122(116)82-110,100-55-63-104(130)64-56-100)98-51-39-88(40-52-98)86-35-31-84(4-2)32-36-86/h3-5,7-9,11-12,15,17-19,21,23-26,29-31,33,35-36,39-41,43-45,47-49,51,53,55,57-76,79-81,84-85,87,89,91,93,96,98-100,110-111,113-116,118-122,124H,1-2,6,10,13-14,16,20,22,27-28,32,34,37-38,42,46,50,52,54,56,77-78,82H2. The second-order valence-corrected chi connectivity index (χ2v) is 46.6. The summed E-state index contributed by atoms with van der Waals surface area (Å²) in [5.74, 6) is 4.91. The molecule has 25 atom stereocenters. The normalized spacial score (nSPS) is 37.2. The molecule has 0 radical (unpaired) electrons. The van der Waals surface area contributed by atoms with Gasteiger partial charge in [-0.1, -0.05) is 284 Å². The molecule has 0 bridgehead atoms. The van der Waals surface area contributed by atoms with Crippen molar-refractivity contribution < 1.29 is 17.6 Å². The van der Waals surface area contributed by atoms with Crippen molar-refractivity contribution in [2.45, 2.75) is 170 Å². The molecule has 0 amide bonds. The van der Waals surface area contributed by atoms with Gasteiger partial charge in [-0.3, -0.25) is 0 Å². The van der Waals surface area contributed by atoms with Gasteiger partial charge in [0.2, 0.25) is 0 Å². The zero-order valence-corrected chi connectivity index (χ0v) is 78.1. The van der Waals surface area contributed by atoms with Crippen LogP contribution in [0.1, 0.15) is 170 Å². The molecule has 1 heterocycles. The third-order valence-electron chi connectivity index (χ3n) is 36.5. The van der Waals surface area contributed by atoms with Crippen molar-refractivity contribution in [1.29, 1.82) is 0 Å². The molecule has 25 unspecified atom stereocenters. The smallest absolute Gasteiger partial charge is 0.132 e. The lowest BCUT2D eigenvalue weighted by Crippen LogP contribution is -2.54. The molecule has 0 spiro atoms. The highest BCUT2D eigenvalue weighted by atomic mass is 28.3. The minimum Gasteiger partial charge on any atom is -0.335 e. The van der Waals surface area contributed by atoms with Crippen LogP contribution in [-0.2, 0) is 0 Å². The molecular formula is C126H128F4N2Si. The van der Waals surface area contributed by atoms with Crippen molar-refractivity contribution in [1.82, 2.24) is 0 Å². The second-order valence-electron chi connectivity index (χ2n) is 42.4. The maximum Gasteiger partial charge on any atom is 0.132 e. The predicted octanol–water partition coefficient (Wildman–Crippen LogP) is 32.0. The molecule has 0 aromatic heterocycles. The maximum atomic E-state index is 15.9. The molecule has 2 saturated carbocycles. The zero-order valence-electron chi connectivity index (χ0n) is 77.1. The van der Waals surface area contributed by atoms with Crippen molar-refractivity contribution in [2.75, 3.05) is 9.80 Å². The highest BCUT2D eigenvalue weighted by Gasteiger charge is 2.67. The highest BCUT2D eigenvalue weighted by Crippen LogP contribution is 2.72.